The number of aliphatic hydroxyl groups is 1. The lowest BCUT2D eigenvalue weighted by molar-refractivity contribution is 0.208. The van der Waals surface area contributed by atoms with Crippen molar-refractivity contribution in [2.45, 2.75) is 98.9 Å². The van der Waals surface area contributed by atoms with Gasteiger partial charge in [-0.15, -0.1) is 10.2 Å². The van der Waals surface area contributed by atoms with Gasteiger partial charge in [0.2, 0.25) is 15.2 Å². The summed E-state index contributed by atoms with van der Waals surface area (Å²) < 4.78 is 31.1. The van der Waals surface area contributed by atoms with E-state index < -0.39 is 21.0 Å². The highest BCUT2D eigenvalue weighted by atomic mass is 32.2. The summed E-state index contributed by atoms with van der Waals surface area (Å²) in [7, 11) is -3.96. The van der Waals surface area contributed by atoms with Crippen LogP contribution in [0.5, 0.6) is 0 Å². The molecule has 0 aliphatic rings. The Kier molecular flexibility index (Phi) is 11.4. The largest absolute Gasteiger partial charge is 0.394 e. The summed E-state index contributed by atoms with van der Waals surface area (Å²) in [4.78, 5) is 9.87. The first-order valence-electron chi connectivity index (χ1n) is 18.8. The predicted molar refractivity (Wildman–Crippen MR) is 233 cm³/mol. The number of aromatic nitrogens is 4. The number of hydrogen-bond donors (Lipinski definition) is 4. The van der Waals surface area contributed by atoms with Crippen LogP contribution in [0.15, 0.2) is 63.7 Å². The number of sulfonamides is 1. The number of anilines is 4. The second-order valence-corrected chi connectivity index (χ2v) is 19.3. The van der Waals surface area contributed by atoms with E-state index in [9.17, 15) is 18.8 Å². The highest BCUT2D eigenvalue weighted by Crippen LogP contribution is 2.40. The summed E-state index contributed by atoms with van der Waals surface area (Å²) in [5, 5.41) is 42.2. The van der Waals surface area contributed by atoms with E-state index in [1.54, 1.807) is 19.9 Å². The number of nitrogens with one attached hydrogen (secondary N) is 3. The number of azo groups is 1. The summed E-state index contributed by atoms with van der Waals surface area (Å²) in [6, 6.07) is 17.3. The van der Waals surface area contributed by atoms with Gasteiger partial charge in [-0.25, -0.2) is 23.1 Å². The maximum atomic E-state index is 13.2. The Morgan fingerprint density at radius 3 is 1.95 bits per heavy atom. The zero-order valence-electron chi connectivity index (χ0n) is 35.0. The highest BCUT2D eigenvalue weighted by Gasteiger charge is 2.30. The fraction of sp³-hybridized carbons (Fsp3) is 0.349. The van der Waals surface area contributed by atoms with Crippen LogP contribution in [0.1, 0.15) is 84.8 Å². The summed E-state index contributed by atoms with van der Waals surface area (Å²) >= 11 is 1.21. The van der Waals surface area contributed by atoms with Gasteiger partial charge in [0.25, 0.3) is 0 Å². The Hall–Kier alpha value is -5.53. The molecule has 0 bridgehead atoms. The molecule has 0 aliphatic carbocycles. The van der Waals surface area contributed by atoms with Crippen LogP contribution in [0.2, 0.25) is 0 Å². The van der Waals surface area contributed by atoms with Gasteiger partial charge < -0.3 is 15.7 Å². The van der Waals surface area contributed by atoms with E-state index in [1.165, 1.54) is 33.7 Å². The molecule has 0 saturated heterocycles. The summed E-state index contributed by atoms with van der Waals surface area (Å²) in [6.45, 7) is 23.0. The number of aliphatic hydroxyl groups excluding tert-OH is 1. The van der Waals surface area contributed by atoms with Crippen LogP contribution >= 0.6 is 11.3 Å². The van der Waals surface area contributed by atoms with Crippen molar-refractivity contribution in [2.75, 3.05) is 17.2 Å². The van der Waals surface area contributed by atoms with E-state index in [-0.39, 0.29) is 22.9 Å². The molecule has 6 rings (SSSR count). The van der Waals surface area contributed by atoms with Gasteiger partial charge in [0.1, 0.15) is 23.1 Å². The summed E-state index contributed by atoms with van der Waals surface area (Å²) in [5.74, 6) is 1.27. The van der Waals surface area contributed by atoms with Gasteiger partial charge in [-0.05, 0) is 114 Å². The third kappa shape index (κ3) is 8.65. The average Bonchev–Trinajstić information content (AvgIpc) is 3.71. The maximum absolute atomic E-state index is 13.2. The SMILES string of the molecule is Cc1cc(C)c(Nc2cc(C)c(N=Nc3c(C#N)c(C(C)(C)C)nn3-c3nc4ccc(S(=O)(=O)NC(C)(C)CO)cc4s3)c(Nc3c(C)cc(C)cc3C)n2)c(C)c1. The minimum absolute atomic E-state index is 0.0258. The quantitative estimate of drug-likeness (QED) is 0.0925. The minimum Gasteiger partial charge on any atom is -0.394 e. The molecule has 0 spiro atoms. The number of nitrogens with zero attached hydrogens (tertiary/aromatic N) is 7. The fourth-order valence-electron chi connectivity index (χ4n) is 6.91. The van der Waals surface area contributed by atoms with E-state index >= 15 is 0 Å². The molecule has 0 fully saturated rings. The number of nitriles is 1. The van der Waals surface area contributed by atoms with Gasteiger partial charge in [-0.2, -0.15) is 15.0 Å². The van der Waals surface area contributed by atoms with E-state index in [0.717, 1.165) is 44.8 Å². The van der Waals surface area contributed by atoms with Crippen molar-refractivity contribution >= 4 is 66.1 Å². The van der Waals surface area contributed by atoms with Crippen molar-refractivity contribution in [3.05, 3.63) is 98.7 Å². The number of fused-ring (bicyclic) bond motifs is 1. The second kappa shape index (κ2) is 15.7. The van der Waals surface area contributed by atoms with Crippen molar-refractivity contribution in [2.24, 2.45) is 10.2 Å². The topological polar surface area (TPSA) is 183 Å². The van der Waals surface area contributed by atoms with Crippen molar-refractivity contribution in [1.82, 2.24) is 24.5 Å². The molecular weight excluding hydrogens is 769 g/mol. The molecule has 3 aromatic carbocycles. The van der Waals surface area contributed by atoms with E-state index in [2.05, 4.69) is 73.4 Å². The lowest BCUT2D eigenvalue weighted by Crippen LogP contribution is -2.46. The molecule has 302 valence electrons. The van der Waals surface area contributed by atoms with Crippen molar-refractivity contribution in [3.8, 4) is 11.2 Å². The van der Waals surface area contributed by atoms with Gasteiger partial charge in [0.15, 0.2) is 11.6 Å². The number of thiazole rings is 1. The monoisotopic (exact) mass is 818 g/mol. The molecule has 3 heterocycles. The van der Waals surface area contributed by atoms with Crippen LogP contribution in [0.3, 0.4) is 0 Å². The lowest BCUT2D eigenvalue weighted by Gasteiger charge is -2.23. The van der Waals surface area contributed by atoms with Gasteiger partial charge in [-0.3, -0.25) is 0 Å². The first kappa shape index (κ1) is 42.1. The molecule has 0 unspecified atom stereocenters. The molecule has 4 N–H and O–H groups in total. The molecule has 0 amide bonds. The molecule has 3 aromatic heterocycles. The second-order valence-electron chi connectivity index (χ2n) is 16.6. The Balaban J connectivity index is 1.50. The van der Waals surface area contributed by atoms with Crippen LogP contribution in [-0.2, 0) is 15.4 Å². The fourth-order valence-corrected chi connectivity index (χ4v) is 9.37. The third-order valence-corrected chi connectivity index (χ3v) is 12.3. The lowest BCUT2D eigenvalue weighted by atomic mass is 9.90. The van der Waals surface area contributed by atoms with Crippen molar-refractivity contribution in [1.29, 1.82) is 5.26 Å². The van der Waals surface area contributed by atoms with Crippen LogP contribution in [0.25, 0.3) is 15.3 Å². The van der Waals surface area contributed by atoms with Gasteiger partial charge in [0.05, 0.1) is 33.0 Å². The molecule has 0 saturated carbocycles. The molecule has 13 nitrogen and oxygen atoms in total. The van der Waals surface area contributed by atoms with Crippen LogP contribution < -0.4 is 15.4 Å². The van der Waals surface area contributed by atoms with Crippen molar-refractivity contribution in [3.63, 3.8) is 0 Å². The molecule has 58 heavy (non-hydrogen) atoms. The van der Waals surface area contributed by atoms with Gasteiger partial charge in [0, 0.05) is 16.8 Å². The average molecular weight is 819 g/mol. The minimum atomic E-state index is -3.96. The standard InChI is InChI=1S/C43H50N10O3S2/c1-23-15-25(3)35(26(4)16-23)46-34-19-29(7)37(39(47-34)48-36-27(5)17-24(2)18-28(36)6)49-50-40-31(21-44)38(42(8,9)10)51-53(40)41-45-32-14-13-30(20-33(32)57-41)58(55,56)52-43(11,12)22-54/h13-20,52,54H,22H2,1-12H3,(H2,46,47,48). The number of benzene rings is 3. The first-order valence-corrected chi connectivity index (χ1v) is 21.1. The molecule has 0 radical (unpaired) electrons. The Morgan fingerprint density at radius 1 is 0.810 bits per heavy atom. The Bertz CT molecular complexity index is 2720. The molecule has 0 atom stereocenters. The van der Waals surface area contributed by atoms with E-state index in [1.807, 2.05) is 47.6 Å². The van der Waals surface area contributed by atoms with Crippen molar-refractivity contribution < 1.29 is 13.5 Å². The summed E-state index contributed by atoms with van der Waals surface area (Å²) in [5.41, 5.74) is 9.40. The van der Waals surface area contributed by atoms with E-state index in [0.29, 0.717) is 38.4 Å². The molecule has 0 aliphatic heterocycles. The Labute approximate surface area is 344 Å². The summed E-state index contributed by atoms with van der Waals surface area (Å²) in [6.07, 6.45) is 0. The number of rotatable bonds is 11. The molecule has 15 heteroatoms. The normalized spacial score (nSPS) is 12.4. The third-order valence-electron chi connectivity index (χ3n) is 9.61. The zero-order chi connectivity index (χ0) is 42.5. The zero-order valence-corrected chi connectivity index (χ0v) is 36.7. The van der Waals surface area contributed by atoms with Crippen LogP contribution in [-0.4, -0.2) is 45.4 Å². The predicted octanol–water partition coefficient (Wildman–Crippen LogP) is 10.2. The van der Waals surface area contributed by atoms with Crippen LogP contribution in [0, 0.1) is 59.8 Å². The molecular formula is C43H50N10O3S2. The van der Waals surface area contributed by atoms with Crippen LogP contribution in [0.4, 0.5) is 34.5 Å². The van der Waals surface area contributed by atoms with E-state index in [4.69, 9.17) is 25.3 Å². The molecule has 6 aromatic rings. The highest BCUT2D eigenvalue weighted by molar-refractivity contribution is 7.89. The smallest absolute Gasteiger partial charge is 0.241 e. The first-order chi connectivity index (χ1) is 27.1. The number of aryl methyl sites for hydroxylation is 7. The number of hydrogen-bond acceptors (Lipinski definition) is 12. The maximum Gasteiger partial charge on any atom is 0.241 e. The Morgan fingerprint density at radius 2 is 1.40 bits per heavy atom. The van der Waals surface area contributed by atoms with Gasteiger partial charge in [-0.1, -0.05) is 67.5 Å². The van der Waals surface area contributed by atoms with Gasteiger partial charge >= 0.3 is 0 Å². The number of pyridine rings is 1.